The first-order chi connectivity index (χ1) is 9.19. The van der Waals surface area contributed by atoms with Gasteiger partial charge in [0.15, 0.2) is 0 Å². The number of nitrogens with zero attached hydrogens (tertiary/aromatic N) is 1. The van der Waals surface area contributed by atoms with Gasteiger partial charge in [-0.15, -0.1) is 0 Å². The van der Waals surface area contributed by atoms with Crippen LogP contribution in [0.4, 0.5) is 4.39 Å². The predicted octanol–water partition coefficient (Wildman–Crippen LogP) is 3.55. The van der Waals surface area contributed by atoms with Crippen molar-refractivity contribution in [3.05, 3.63) is 71.0 Å². The number of benzene rings is 2. The molecular weight excluding hydrogens is 239 g/mol. The summed E-state index contributed by atoms with van der Waals surface area (Å²) in [7, 11) is 0. The summed E-state index contributed by atoms with van der Waals surface area (Å²) in [6.45, 7) is 2.68. The summed E-state index contributed by atoms with van der Waals surface area (Å²) in [5.74, 6) is -0.218. The van der Waals surface area contributed by atoms with E-state index in [1.165, 1.54) is 12.1 Å². The van der Waals surface area contributed by atoms with Gasteiger partial charge >= 0.3 is 0 Å². The highest BCUT2D eigenvalue weighted by Crippen LogP contribution is 2.14. The summed E-state index contributed by atoms with van der Waals surface area (Å²) in [6.07, 6.45) is 0. The average Bonchev–Trinajstić information content (AvgIpc) is 2.45. The number of hydrogen-bond donors (Lipinski definition) is 1. The quantitative estimate of drug-likeness (QED) is 0.905. The van der Waals surface area contributed by atoms with Gasteiger partial charge in [0.2, 0.25) is 0 Å². The lowest BCUT2D eigenvalue weighted by Crippen LogP contribution is -2.18. The van der Waals surface area contributed by atoms with Crippen LogP contribution in [0.5, 0.6) is 0 Å². The molecule has 0 heterocycles. The average molecular weight is 254 g/mol. The zero-order chi connectivity index (χ0) is 13.7. The maximum atomic E-state index is 13.1. The topological polar surface area (TPSA) is 35.8 Å². The maximum absolute atomic E-state index is 13.1. The van der Waals surface area contributed by atoms with E-state index in [1.54, 1.807) is 18.2 Å². The third kappa shape index (κ3) is 3.64. The number of halogens is 1. The molecule has 1 unspecified atom stereocenters. The van der Waals surface area contributed by atoms with Crippen molar-refractivity contribution in [2.24, 2.45) is 0 Å². The van der Waals surface area contributed by atoms with Crippen LogP contribution >= 0.6 is 0 Å². The lowest BCUT2D eigenvalue weighted by atomic mass is 10.1. The van der Waals surface area contributed by atoms with Crippen LogP contribution in [0, 0.1) is 17.1 Å². The molecule has 0 aliphatic rings. The van der Waals surface area contributed by atoms with Gasteiger partial charge in [0.1, 0.15) is 5.82 Å². The van der Waals surface area contributed by atoms with E-state index in [1.807, 2.05) is 25.1 Å². The van der Waals surface area contributed by atoms with Crippen molar-refractivity contribution in [2.75, 3.05) is 0 Å². The van der Waals surface area contributed by atoms with E-state index in [9.17, 15) is 4.39 Å². The Bertz CT molecular complexity index is 584. The summed E-state index contributed by atoms with van der Waals surface area (Å²) in [4.78, 5) is 0. The van der Waals surface area contributed by atoms with Gasteiger partial charge in [-0.25, -0.2) is 4.39 Å². The number of nitrogens with one attached hydrogen (secondary N) is 1. The Hall–Kier alpha value is -2.18. The van der Waals surface area contributed by atoms with Crippen LogP contribution in [-0.4, -0.2) is 0 Å². The minimum atomic E-state index is -0.218. The van der Waals surface area contributed by atoms with Crippen LogP contribution in [0.3, 0.4) is 0 Å². The van der Waals surface area contributed by atoms with Crippen molar-refractivity contribution in [1.29, 1.82) is 5.26 Å². The van der Waals surface area contributed by atoms with E-state index in [-0.39, 0.29) is 11.9 Å². The first kappa shape index (κ1) is 13.3. The third-order valence-electron chi connectivity index (χ3n) is 3.04. The van der Waals surface area contributed by atoms with E-state index < -0.39 is 0 Å². The zero-order valence-electron chi connectivity index (χ0n) is 10.7. The van der Waals surface area contributed by atoms with Gasteiger partial charge in [0, 0.05) is 12.6 Å². The largest absolute Gasteiger partial charge is 0.306 e. The molecule has 0 saturated heterocycles. The summed E-state index contributed by atoms with van der Waals surface area (Å²) >= 11 is 0. The Balaban J connectivity index is 1.96. The molecule has 0 amide bonds. The fourth-order valence-electron chi connectivity index (χ4n) is 1.86. The van der Waals surface area contributed by atoms with Crippen LogP contribution < -0.4 is 5.32 Å². The predicted molar refractivity (Wildman–Crippen MR) is 72.8 cm³/mol. The molecule has 0 radical (unpaired) electrons. The number of nitriles is 1. The van der Waals surface area contributed by atoms with Gasteiger partial charge in [0.25, 0.3) is 0 Å². The van der Waals surface area contributed by atoms with Crippen LogP contribution in [0.25, 0.3) is 0 Å². The molecule has 2 aromatic rings. The summed E-state index contributed by atoms with van der Waals surface area (Å²) < 4.78 is 13.1. The highest BCUT2D eigenvalue weighted by atomic mass is 19.1. The molecule has 19 heavy (non-hydrogen) atoms. The Morgan fingerprint density at radius 1 is 1.21 bits per heavy atom. The Morgan fingerprint density at radius 2 is 1.95 bits per heavy atom. The Labute approximate surface area is 112 Å². The van der Waals surface area contributed by atoms with Crippen molar-refractivity contribution >= 4 is 0 Å². The standard InChI is InChI=1S/C16H15FN2/c1-12(15-3-2-4-16(17)9-15)19-11-14-7-5-13(10-18)6-8-14/h2-9,12,19H,11H2,1H3. The maximum Gasteiger partial charge on any atom is 0.123 e. The highest BCUT2D eigenvalue weighted by molar-refractivity contribution is 5.31. The molecule has 0 fully saturated rings. The molecular formula is C16H15FN2. The normalized spacial score (nSPS) is 11.8. The van der Waals surface area contributed by atoms with E-state index in [4.69, 9.17) is 5.26 Å². The molecule has 3 heteroatoms. The smallest absolute Gasteiger partial charge is 0.123 e. The van der Waals surface area contributed by atoms with Gasteiger partial charge in [-0.05, 0) is 42.3 Å². The lowest BCUT2D eigenvalue weighted by molar-refractivity contribution is 0.565. The second-order valence-electron chi connectivity index (χ2n) is 4.47. The van der Waals surface area contributed by atoms with Crippen molar-refractivity contribution in [2.45, 2.75) is 19.5 Å². The fraction of sp³-hybridized carbons (Fsp3) is 0.188. The molecule has 96 valence electrons. The first-order valence-electron chi connectivity index (χ1n) is 6.17. The molecule has 0 spiro atoms. The minimum Gasteiger partial charge on any atom is -0.306 e. The zero-order valence-corrected chi connectivity index (χ0v) is 10.7. The van der Waals surface area contributed by atoms with Crippen LogP contribution in [-0.2, 0) is 6.54 Å². The molecule has 0 bridgehead atoms. The van der Waals surface area contributed by atoms with Gasteiger partial charge in [0.05, 0.1) is 11.6 Å². The molecule has 1 atom stereocenters. The van der Waals surface area contributed by atoms with Crippen LogP contribution in [0.2, 0.25) is 0 Å². The first-order valence-corrected chi connectivity index (χ1v) is 6.17. The Morgan fingerprint density at radius 3 is 2.58 bits per heavy atom. The summed E-state index contributed by atoms with van der Waals surface area (Å²) in [5, 5.41) is 12.1. The summed E-state index contributed by atoms with van der Waals surface area (Å²) in [6, 6.07) is 16.2. The molecule has 2 aromatic carbocycles. The van der Waals surface area contributed by atoms with Gasteiger partial charge in [-0.3, -0.25) is 0 Å². The van der Waals surface area contributed by atoms with Crippen molar-refractivity contribution < 1.29 is 4.39 Å². The number of hydrogen-bond acceptors (Lipinski definition) is 2. The van der Waals surface area contributed by atoms with Crippen LogP contribution in [0.1, 0.15) is 29.7 Å². The molecule has 0 aliphatic carbocycles. The monoisotopic (exact) mass is 254 g/mol. The van der Waals surface area contributed by atoms with E-state index >= 15 is 0 Å². The number of rotatable bonds is 4. The van der Waals surface area contributed by atoms with Crippen LogP contribution in [0.15, 0.2) is 48.5 Å². The van der Waals surface area contributed by atoms with Gasteiger partial charge in [-0.2, -0.15) is 5.26 Å². The van der Waals surface area contributed by atoms with Crippen molar-refractivity contribution in [3.63, 3.8) is 0 Å². The Kier molecular flexibility index (Phi) is 4.27. The van der Waals surface area contributed by atoms with Crippen molar-refractivity contribution in [3.8, 4) is 6.07 Å². The second-order valence-corrected chi connectivity index (χ2v) is 4.47. The van der Waals surface area contributed by atoms with E-state index in [0.29, 0.717) is 12.1 Å². The summed E-state index contributed by atoms with van der Waals surface area (Å²) in [5.41, 5.74) is 2.68. The van der Waals surface area contributed by atoms with E-state index in [0.717, 1.165) is 11.1 Å². The SMILES string of the molecule is CC(NCc1ccc(C#N)cc1)c1cccc(F)c1. The fourth-order valence-corrected chi connectivity index (χ4v) is 1.86. The molecule has 2 nitrogen and oxygen atoms in total. The molecule has 0 saturated carbocycles. The van der Waals surface area contributed by atoms with E-state index in [2.05, 4.69) is 11.4 Å². The molecule has 0 aliphatic heterocycles. The second kappa shape index (κ2) is 6.12. The van der Waals surface area contributed by atoms with Gasteiger partial charge in [-0.1, -0.05) is 24.3 Å². The van der Waals surface area contributed by atoms with Crippen molar-refractivity contribution in [1.82, 2.24) is 5.32 Å². The highest BCUT2D eigenvalue weighted by Gasteiger charge is 2.05. The third-order valence-corrected chi connectivity index (χ3v) is 3.04. The molecule has 1 N–H and O–H groups in total. The molecule has 0 aromatic heterocycles. The molecule has 2 rings (SSSR count). The lowest BCUT2D eigenvalue weighted by Gasteiger charge is -2.14. The van der Waals surface area contributed by atoms with Gasteiger partial charge < -0.3 is 5.32 Å². The minimum absolute atomic E-state index is 0.0753.